The Balaban J connectivity index is 3.10. The second-order valence-corrected chi connectivity index (χ2v) is 3.02. The molecular weight excluding hydrogens is 194 g/mol. The lowest BCUT2D eigenvalue weighted by molar-refractivity contribution is -0.140. The molecule has 1 rings (SSSR count). The lowest BCUT2D eigenvalue weighted by atomic mass is 9.88. The Labute approximate surface area is 86.8 Å². The molecule has 2 unspecified atom stereocenters. The number of carbonyl (C=O) groups excluding carboxylic acids is 1. The van der Waals surface area contributed by atoms with Gasteiger partial charge in [0.2, 0.25) is 0 Å². The molecule has 1 N–H and O–H groups in total. The fraction of sp³-hybridized carbons (Fsp3) is 0.182. The van der Waals surface area contributed by atoms with Gasteiger partial charge in [-0.3, -0.25) is 4.79 Å². The summed E-state index contributed by atoms with van der Waals surface area (Å²) in [6, 6.07) is 9.95. The molecule has 0 aliphatic heterocycles. The van der Waals surface area contributed by atoms with Gasteiger partial charge in [-0.2, -0.15) is 5.26 Å². The number of carbonyl (C=O) groups is 2. The molecule has 76 valence electrons. The van der Waals surface area contributed by atoms with E-state index in [0.717, 1.165) is 0 Å². The van der Waals surface area contributed by atoms with E-state index in [0.29, 0.717) is 11.8 Å². The van der Waals surface area contributed by atoms with Crippen molar-refractivity contribution >= 4 is 12.3 Å². The van der Waals surface area contributed by atoms with Crippen LogP contribution in [-0.2, 0) is 9.59 Å². The Kier molecular flexibility index (Phi) is 3.58. The topological polar surface area (TPSA) is 78.2 Å². The van der Waals surface area contributed by atoms with Gasteiger partial charge >= 0.3 is 5.97 Å². The Hall–Kier alpha value is -2.15. The van der Waals surface area contributed by atoms with Crippen LogP contribution in [0, 0.1) is 17.2 Å². The molecule has 4 heteroatoms. The van der Waals surface area contributed by atoms with E-state index in [1.165, 1.54) is 0 Å². The van der Waals surface area contributed by atoms with Crippen molar-refractivity contribution in [2.24, 2.45) is 5.92 Å². The quantitative estimate of drug-likeness (QED) is 0.745. The summed E-state index contributed by atoms with van der Waals surface area (Å²) < 4.78 is 0. The minimum Gasteiger partial charge on any atom is -0.481 e. The van der Waals surface area contributed by atoms with Crippen LogP contribution in [0.5, 0.6) is 0 Å². The average molecular weight is 203 g/mol. The van der Waals surface area contributed by atoms with Crippen LogP contribution in [0.2, 0.25) is 0 Å². The first kappa shape index (κ1) is 10.9. The van der Waals surface area contributed by atoms with E-state index in [4.69, 9.17) is 10.4 Å². The molecule has 15 heavy (non-hydrogen) atoms. The summed E-state index contributed by atoms with van der Waals surface area (Å²) in [7, 11) is 0. The highest BCUT2D eigenvalue weighted by atomic mass is 16.4. The van der Waals surface area contributed by atoms with Gasteiger partial charge < -0.3 is 9.90 Å². The van der Waals surface area contributed by atoms with E-state index in [2.05, 4.69) is 0 Å². The molecule has 0 spiro atoms. The van der Waals surface area contributed by atoms with Crippen molar-refractivity contribution in [2.45, 2.75) is 5.92 Å². The number of nitrogens with zero attached hydrogens (tertiary/aromatic N) is 1. The molecule has 0 fully saturated rings. The number of carboxylic acids is 1. The van der Waals surface area contributed by atoms with Crippen molar-refractivity contribution in [2.75, 3.05) is 0 Å². The maximum Gasteiger partial charge on any atom is 0.312 e. The third-order valence-electron chi connectivity index (χ3n) is 2.08. The largest absolute Gasteiger partial charge is 0.481 e. The van der Waals surface area contributed by atoms with Crippen LogP contribution >= 0.6 is 0 Å². The highest BCUT2D eigenvalue weighted by Crippen LogP contribution is 2.23. The van der Waals surface area contributed by atoms with Crippen molar-refractivity contribution in [3.63, 3.8) is 0 Å². The molecule has 0 saturated heterocycles. The van der Waals surface area contributed by atoms with Crippen molar-refractivity contribution in [1.29, 1.82) is 5.26 Å². The maximum absolute atomic E-state index is 10.9. The van der Waals surface area contributed by atoms with Gasteiger partial charge in [0.05, 0.1) is 6.07 Å². The molecule has 2 atom stereocenters. The molecule has 0 amide bonds. The summed E-state index contributed by atoms with van der Waals surface area (Å²) in [5.41, 5.74) is 0.462. The predicted molar refractivity (Wildman–Crippen MR) is 52.0 cm³/mol. The third-order valence-corrected chi connectivity index (χ3v) is 2.08. The highest BCUT2D eigenvalue weighted by molar-refractivity contribution is 5.81. The van der Waals surface area contributed by atoms with Gasteiger partial charge in [-0.25, -0.2) is 0 Å². The number of rotatable bonds is 4. The van der Waals surface area contributed by atoms with Crippen LogP contribution in [0.4, 0.5) is 0 Å². The molecule has 1 aromatic carbocycles. The van der Waals surface area contributed by atoms with E-state index < -0.39 is 17.8 Å². The second kappa shape index (κ2) is 4.91. The van der Waals surface area contributed by atoms with Gasteiger partial charge in [0, 0.05) is 0 Å². The van der Waals surface area contributed by atoms with Crippen LogP contribution in [0.3, 0.4) is 0 Å². The van der Waals surface area contributed by atoms with Gasteiger partial charge in [-0.15, -0.1) is 0 Å². The maximum atomic E-state index is 10.9. The fourth-order valence-corrected chi connectivity index (χ4v) is 1.35. The number of carboxylic acid groups (broad SMARTS) is 1. The zero-order valence-electron chi connectivity index (χ0n) is 7.83. The third kappa shape index (κ3) is 2.41. The highest BCUT2D eigenvalue weighted by Gasteiger charge is 2.29. The van der Waals surface area contributed by atoms with E-state index in [1.807, 2.05) is 0 Å². The number of benzene rings is 1. The molecule has 0 saturated carbocycles. The molecule has 0 radical (unpaired) electrons. The van der Waals surface area contributed by atoms with E-state index in [-0.39, 0.29) is 0 Å². The Morgan fingerprint density at radius 2 is 2.00 bits per heavy atom. The van der Waals surface area contributed by atoms with Gasteiger partial charge in [0.25, 0.3) is 0 Å². The first-order chi connectivity index (χ1) is 7.20. The first-order valence-electron chi connectivity index (χ1n) is 4.33. The van der Waals surface area contributed by atoms with Crippen molar-refractivity contribution < 1.29 is 14.7 Å². The number of hydrogen-bond donors (Lipinski definition) is 1. The van der Waals surface area contributed by atoms with Gasteiger partial charge in [-0.05, 0) is 5.56 Å². The molecule has 0 aliphatic rings. The summed E-state index contributed by atoms with van der Waals surface area (Å²) in [5.74, 6) is -3.40. The van der Waals surface area contributed by atoms with Crippen LogP contribution in [-0.4, -0.2) is 17.4 Å². The summed E-state index contributed by atoms with van der Waals surface area (Å²) in [6.45, 7) is 0. The van der Waals surface area contributed by atoms with Crippen LogP contribution < -0.4 is 0 Å². The monoisotopic (exact) mass is 203 g/mol. The lowest BCUT2D eigenvalue weighted by Gasteiger charge is -2.13. The van der Waals surface area contributed by atoms with Crippen molar-refractivity contribution in [3.05, 3.63) is 35.9 Å². The van der Waals surface area contributed by atoms with E-state index in [1.54, 1.807) is 36.4 Å². The number of aldehydes is 1. The Morgan fingerprint density at radius 3 is 2.40 bits per heavy atom. The van der Waals surface area contributed by atoms with Crippen LogP contribution in [0.1, 0.15) is 11.5 Å². The summed E-state index contributed by atoms with van der Waals surface area (Å²) in [4.78, 5) is 21.5. The predicted octanol–water partition coefficient (Wildman–Crippen LogP) is 1.19. The van der Waals surface area contributed by atoms with E-state index >= 15 is 0 Å². The fourth-order valence-electron chi connectivity index (χ4n) is 1.35. The summed E-state index contributed by atoms with van der Waals surface area (Å²) in [5, 5.41) is 17.6. The molecule has 0 aliphatic carbocycles. The Bertz CT molecular complexity index is 394. The molecule has 1 aromatic rings. The van der Waals surface area contributed by atoms with Gasteiger partial charge in [0.15, 0.2) is 0 Å². The standard InChI is InChI=1S/C11H9NO3/c12-6-9(7-13)10(11(14)15)8-4-2-1-3-5-8/h1-5,7,9-10H,(H,14,15). The minimum atomic E-state index is -1.17. The number of nitriles is 1. The average Bonchev–Trinajstić information content (AvgIpc) is 2.26. The second-order valence-electron chi connectivity index (χ2n) is 3.02. The first-order valence-corrected chi connectivity index (χ1v) is 4.33. The number of hydrogen-bond acceptors (Lipinski definition) is 3. The molecular formula is C11H9NO3. The van der Waals surface area contributed by atoms with Gasteiger partial charge in [-0.1, -0.05) is 30.3 Å². The molecule has 0 bridgehead atoms. The van der Waals surface area contributed by atoms with E-state index in [9.17, 15) is 9.59 Å². The normalized spacial score (nSPS) is 13.5. The zero-order valence-corrected chi connectivity index (χ0v) is 7.83. The zero-order chi connectivity index (χ0) is 11.3. The molecule has 0 heterocycles. The SMILES string of the molecule is N#CC(C=O)C(C(=O)O)c1ccccc1. The van der Waals surface area contributed by atoms with Crippen LogP contribution in [0.15, 0.2) is 30.3 Å². The van der Waals surface area contributed by atoms with Gasteiger partial charge in [0.1, 0.15) is 18.1 Å². The molecule has 0 aromatic heterocycles. The lowest BCUT2D eigenvalue weighted by Crippen LogP contribution is -2.21. The van der Waals surface area contributed by atoms with Crippen molar-refractivity contribution in [1.82, 2.24) is 0 Å². The summed E-state index contributed by atoms with van der Waals surface area (Å²) >= 11 is 0. The minimum absolute atomic E-state index is 0.367. The van der Waals surface area contributed by atoms with Crippen LogP contribution in [0.25, 0.3) is 0 Å². The number of aliphatic carboxylic acids is 1. The Morgan fingerprint density at radius 1 is 1.40 bits per heavy atom. The smallest absolute Gasteiger partial charge is 0.312 e. The summed E-state index contributed by atoms with van der Waals surface area (Å²) in [6.07, 6.45) is 0.367. The molecule has 4 nitrogen and oxygen atoms in total. The van der Waals surface area contributed by atoms with Crippen molar-refractivity contribution in [3.8, 4) is 6.07 Å².